The standard InChI is InChI=1S/C11H11ClN4/c12-8-5-14-11-9(8)10(15-6-16-11)7-1-3-13-4-2-7/h1,5-6,13H,2-4H2,(H,14,15,16). The first-order chi connectivity index (χ1) is 7.86. The van der Waals surface area contributed by atoms with E-state index in [1.54, 1.807) is 12.5 Å². The van der Waals surface area contributed by atoms with Crippen molar-refractivity contribution >= 4 is 28.2 Å². The molecule has 4 nitrogen and oxygen atoms in total. The fraction of sp³-hybridized carbons (Fsp3) is 0.273. The third kappa shape index (κ3) is 1.50. The van der Waals surface area contributed by atoms with Gasteiger partial charge < -0.3 is 10.3 Å². The third-order valence-electron chi connectivity index (χ3n) is 2.79. The number of aromatic nitrogens is 3. The highest BCUT2D eigenvalue weighted by atomic mass is 35.5. The third-order valence-corrected chi connectivity index (χ3v) is 3.09. The molecular weight excluding hydrogens is 224 g/mol. The minimum Gasteiger partial charge on any atom is -0.344 e. The molecule has 2 aromatic heterocycles. The molecule has 3 heterocycles. The number of nitrogens with zero attached hydrogens (tertiary/aromatic N) is 2. The molecule has 0 saturated carbocycles. The van der Waals surface area contributed by atoms with Crippen molar-refractivity contribution in [2.75, 3.05) is 13.1 Å². The van der Waals surface area contributed by atoms with Crippen molar-refractivity contribution in [3.05, 3.63) is 29.3 Å². The van der Waals surface area contributed by atoms with Crippen LogP contribution in [0, 0.1) is 0 Å². The van der Waals surface area contributed by atoms with Crippen LogP contribution in [0.5, 0.6) is 0 Å². The van der Waals surface area contributed by atoms with Crippen molar-refractivity contribution in [3.8, 4) is 0 Å². The number of hydrogen-bond acceptors (Lipinski definition) is 3. The molecular formula is C11H11ClN4. The minimum absolute atomic E-state index is 0.685. The molecule has 3 rings (SSSR count). The molecule has 1 aliphatic heterocycles. The predicted molar refractivity (Wildman–Crippen MR) is 64.4 cm³/mol. The first-order valence-electron chi connectivity index (χ1n) is 5.24. The van der Waals surface area contributed by atoms with Crippen LogP contribution in [-0.4, -0.2) is 28.0 Å². The monoisotopic (exact) mass is 234 g/mol. The van der Waals surface area contributed by atoms with Gasteiger partial charge in [-0.25, -0.2) is 9.97 Å². The van der Waals surface area contributed by atoms with Gasteiger partial charge in [0.15, 0.2) is 0 Å². The lowest BCUT2D eigenvalue weighted by Crippen LogP contribution is -2.20. The lowest BCUT2D eigenvalue weighted by molar-refractivity contribution is 0.737. The number of fused-ring (bicyclic) bond motifs is 1. The van der Waals surface area contributed by atoms with E-state index in [1.807, 2.05) is 0 Å². The molecule has 0 saturated heterocycles. The summed E-state index contributed by atoms with van der Waals surface area (Å²) in [4.78, 5) is 11.6. The number of aromatic amines is 1. The second-order valence-corrected chi connectivity index (χ2v) is 4.17. The van der Waals surface area contributed by atoms with Gasteiger partial charge in [0.05, 0.1) is 16.1 Å². The molecule has 5 heteroatoms. The van der Waals surface area contributed by atoms with Crippen LogP contribution in [0.2, 0.25) is 5.02 Å². The molecule has 16 heavy (non-hydrogen) atoms. The Morgan fingerprint density at radius 1 is 1.31 bits per heavy atom. The highest BCUT2D eigenvalue weighted by Crippen LogP contribution is 2.29. The van der Waals surface area contributed by atoms with E-state index < -0.39 is 0 Å². The second-order valence-electron chi connectivity index (χ2n) is 3.77. The van der Waals surface area contributed by atoms with Crippen LogP contribution >= 0.6 is 11.6 Å². The first-order valence-corrected chi connectivity index (χ1v) is 5.62. The fourth-order valence-electron chi connectivity index (χ4n) is 2.01. The lowest BCUT2D eigenvalue weighted by Gasteiger charge is -2.13. The summed E-state index contributed by atoms with van der Waals surface area (Å²) in [5, 5.41) is 4.89. The van der Waals surface area contributed by atoms with Gasteiger partial charge in [-0.3, -0.25) is 0 Å². The van der Waals surface area contributed by atoms with Gasteiger partial charge in [-0.2, -0.15) is 0 Å². The van der Waals surface area contributed by atoms with E-state index in [9.17, 15) is 0 Å². The average molecular weight is 235 g/mol. The largest absolute Gasteiger partial charge is 0.344 e. The van der Waals surface area contributed by atoms with Crippen LogP contribution in [0.3, 0.4) is 0 Å². The molecule has 82 valence electrons. The van der Waals surface area contributed by atoms with Crippen LogP contribution in [0.4, 0.5) is 0 Å². The van der Waals surface area contributed by atoms with Gasteiger partial charge in [-0.1, -0.05) is 17.7 Å². The Hall–Kier alpha value is -1.39. The summed E-state index contributed by atoms with van der Waals surface area (Å²) in [5.41, 5.74) is 3.00. The van der Waals surface area contributed by atoms with E-state index >= 15 is 0 Å². The summed E-state index contributed by atoms with van der Waals surface area (Å²) in [5.74, 6) is 0. The highest BCUT2D eigenvalue weighted by Gasteiger charge is 2.14. The molecule has 0 bridgehead atoms. The summed E-state index contributed by atoms with van der Waals surface area (Å²) < 4.78 is 0. The molecule has 0 fully saturated rings. The fourth-order valence-corrected chi connectivity index (χ4v) is 2.24. The van der Waals surface area contributed by atoms with Crippen LogP contribution < -0.4 is 5.32 Å². The summed E-state index contributed by atoms with van der Waals surface area (Å²) in [7, 11) is 0. The number of rotatable bonds is 1. The van der Waals surface area contributed by atoms with Gasteiger partial charge in [-0.05, 0) is 18.5 Å². The van der Waals surface area contributed by atoms with E-state index in [0.29, 0.717) is 5.02 Å². The average Bonchev–Trinajstić information content (AvgIpc) is 2.73. The minimum atomic E-state index is 0.685. The van der Waals surface area contributed by atoms with Crippen molar-refractivity contribution in [1.29, 1.82) is 0 Å². The van der Waals surface area contributed by atoms with Gasteiger partial charge in [0.25, 0.3) is 0 Å². The normalized spacial score (nSPS) is 16.4. The lowest BCUT2D eigenvalue weighted by atomic mass is 10.0. The zero-order valence-electron chi connectivity index (χ0n) is 8.63. The van der Waals surface area contributed by atoms with Gasteiger partial charge in [0.1, 0.15) is 12.0 Å². The zero-order valence-corrected chi connectivity index (χ0v) is 9.38. The maximum absolute atomic E-state index is 6.14. The molecule has 2 aromatic rings. The molecule has 1 aliphatic rings. The van der Waals surface area contributed by atoms with E-state index in [1.165, 1.54) is 5.57 Å². The highest BCUT2D eigenvalue weighted by molar-refractivity contribution is 6.36. The first kappa shape index (κ1) is 9.81. The van der Waals surface area contributed by atoms with Gasteiger partial charge >= 0.3 is 0 Å². The Morgan fingerprint density at radius 2 is 2.25 bits per heavy atom. The SMILES string of the molecule is Clc1c[nH]c2ncnc(C3=CCNCC3)c12. The van der Waals surface area contributed by atoms with Crippen molar-refractivity contribution in [2.24, 2.45) is 0 Å². The number of halogens is 1. The van der Waals surface area contributed by atoms with Crippen LogP contribution in [0.1, 0.15) is 12.1 Å². The summed E-state index contributed by atoms with van der Waals surface area (Å²) in [6.45, 7) is 1.88. The second kappa shape index (κ2) is 3.88. The van der Waals surface area contributed by atoms with Crippen LogP contribution in [-0.2, 0) is 0 Å². The topological polar surface area (TPSA) is 53.6 Å². The molecule has 0 unspecified atom stereocenters. The Balaban J connectivity index is 2.22. The van der Waals surface area contributed by atoms with Crippen molar-refractivity contribution in [2.45, 2.75) is 6.42 Å². The Kier molecular flexibility index (Phi) is 2.38. The molecule has 0 aliphatic carbocycles. The molecule has 2 N–H and O–H groups in total. The summed E-state index contributed by atoms with van der Waals surface area (Å²) >= 11 is 6.14. The van der Waals surface area contributed by atoms with Crippen molar-refractivity contribution < 1.29 is 0 Å². The maximum Gasteiger partial charge on any atom is 0.142 e. The Bertz CT molecular complexity index is 558. The van der Waals surface area contributed by atoms with E-state index in [2.05, 4.69) is 26.3 Å². The number of hydrogen-bond donors (Lipinski definition) is 2. The van der Waals surface area contributed by atoms with Crippen molar-refractivity contribution in [3.63, 3.8) is 0 Å². The Morgan fingerprint density at radius 3 is 3.06 bits per heavy atom. The quantitative estimate of drug-likeness (QED) is 0.794. The smallest absolute Gasteiger partial charge is 0.142 e. The van der Waals surface area contributed by atoms with E-state index in [0.717, 1.165) is 36.2 Å². The maximum atomic E-state index is 6.14. The Labute approximate surface area is 97.7 Å². The number of H-pyrrole nitrogens is 1. The summed E-state index contributed by atoms with van der Waals surface area (Å²) in [6.07, 6.45) is 6.47. The number of nitrogens with one attached hydrogen (secondary N) is 2. The molecule has 0 amide bonds. The molecule has 0 spiro atoms. The van der Waals surface area contributed by atoms with Gasteiger partial charge in [0.2, 0.25) is 0 Å². The predicted octanol–water partition coefficient (Wildman–Crippen LogP) is 1.99. The summed E-state index contributed by atoms with van der Waals surface area (Å²) in [6, 6.07) is 0. The van der Waals surface area contributed by atoms with Crippen LogP contribution in [0.15, 0.2) is 18.6 Å². The van der Waals surface area contributed by atoms with Gasteiger partial charge in [0, 0.05) is 12.7 Å². The van der Waals surface area contributed by atoms with Crippen LogP contribution in [0.25, 0.3) is 16.6 Å². The molecule has 0 atom stereocenters. The molecule has 0 radical (unpaired) electrons. The van der Waals surface area contributed by atoms with E-state index in [-0.39, 0.29) is 0 Å². The van der Waals surface area contributed by atoms with E-state index in [4.69, 9.17) is 11.6 Å². The molecule has 0 aromatic carbocycles. The zero-order chi connectivity index (χ0) is 11.0. The van der Waals surface area contributed by atoms with Gasteiger partial charge in [-0.15, -0.1) is 0 Å². The van der Waals surface area contributed by atoms with Crippen molar-refractivity contribution in [1.82, 2.24) is 20.3 Å².